The fourth-order valence-electron chi connectivity index (χ4n) is 4.71. The largest absolute Gasteiger partial charge is 0.493 e. The summed E-state index contributed by atoms with van der Waals surface area (Å²) >= 11 is 1.20. The molecular weight excluding hydrogens is 500 g/mol. The number of hydrogen-bond donors (Lipinski definition) is 2. The highest BCUT2D eigenvalue weighted by atomic mass is 32.2. The molecular formula is C29H28N4O4S. The Bertz CT molecular complexity index is 1730. The minimum absolute atomic E-state index is 0.0698. The maximum atomic E-state index is 13.8. The lowest BCUT2D eigenvalue weighted by atomic mass is 10.1. The van der Waals surface area contributed by atoms with Crippen LogP contribution in [0, 0.1) is 20.8 Å². The third kappa shape index (κ3) is 4.61. The lowest BCUT2D eigenvalue weighted by molar-refractivity contribution is -0.113. The molecule has 2 N–H and O–H groups in total. The number of anilines is 1. The van der Waals surface area contributed by atoms with Gasteiger partial charge in [-0.2, -0.15) is 0 Å². The van der Waals surface area contributed by atoms with E-state index in [2.05, 4.69) is 10.3 Å². The van der Waals surface area contributed by atoms with Crippen molar-refractivity contribution in [1.29, 1.82) is 0 Å². The number of amides is 1. The second-order valence-electron chi connectivity index (χ2n) is 9.08. The second-order valence-corrected chi connectivity index (χ2v) is 10.0. The number of fused-ring (bicyclic) bond motifs is 3. The van der Waals surface area contributed by atoms with E-state index >= 15 is 0 Å². The van der Waals surface area contributed by atoms with Crippen molar-refractivity contribution in [2.75, 3.05) is 25.3 Å². The first-order chi connectivity index (χ1) is 18.3. The van der Waals surface area contributed by atoms with Crippen LogP contribution in [0.3, 0.4) is 0 Å². The van der Waals surface area contributed by atoms with Gasteiger partial charge < -0.3 is 19.8 Å². The smallest absolute Gasteiger partial charge is 0.283 e. The molecule has 0 saturated carbocycles. The van der Waals surface area contributed by atoms with Crippen molar-refractivity contribution in [1.82, 2.24) is 14.5 Å². The summed E-state index contributed by atoms with van der Waals surface area (Å²) in [5, 5.41) is 4.27. The average Bonchev–Trinajstić information content (AvgIpc) is 3.28. The number of aromatic nitrogens is 3. The molecule has 0 aliphatic heterocycles. The van der Waals surface area contributed by atoms with Gasteiger partial charge in [0.1, 0.15) is 11.0 Å². The van der Waals surface area contributed by atoms with Crippen molar-refractivity contribution in [3.8, 4) is 17.2 Å². The first kappa shape index (κ1) is 25.4. The quantitative estimate of drug-likeness (QED) is 0.213. The van der Waals surface area contributed by atoms with Crippen LogP contribution < -0.4 is 20.3 Å². The Morgan fingerprint density at radius 2 is 1.71 bits per heavy atom. The minimum Gasteiger partial charge on any atom is -0.493 e. The number of nitrogens with zero attached hydrogens (tertiary/aromatic N) is 2. The van der Waals surface area contributed by atoms with Crippen LogP contribution >= 0.6 is 11.8 Å². The Kier molecular flexibility index (Phi) is 6.86. The zero-order valence-corrected chi connectivity index (χ0v) is 22.7. The molecule has 0 aliphatic rings. The van der Waals surface area contributed by atoms with Gasteiger partial charge in [0.2, 0.25) is 5.91 Å². The number of carbonyl (C=O) groups excluding carboxylic acids is 1. The second kappa shape index (κ2) is 10.3. The van der Waals surface area contributed by atoms with E-state index in [1.165, 1.54) is 16.3 Å². The number of aromatic amines is 1. The molecule has 0 atom stereocenters. The molecule has 9 heteroatoms. The summed E-state index contributed by atoms with van der Waals surface area (Å²) in [7, 11) is 3.09. The van der Waals surface area contributed by atoms with Crippen molar-refractivity contribution in [2.24, 2.45) is 0 Å². The molecule has 8 nitrogen and oxygen atoms in total. The van der Waals surface area contributed by atoms with Gasteiger partial charge in [-0.1, -0.05) is 47.7 Å². The predicted molar refractivity (Wildman–Crippen MR) is 152 cm³/mol. The lowest BCUT2D eigenvalue weighted by Gasteiger charge is -2.15. The van der Waals surface area contributed by atoms with Crippen LogP contribution in [0.2, 0.25) is 0 Å². The highest BCUT2D eigenvalue weighted by molar-refractivity contribution is 7.99. The monoisotopic (exact) mass is 528 g/mol. The van der Waals surface area contributed by atoms with Gasteiger partial charge >= 0.3 is 0 Å². The van der Waals surface area contributed by atoms with Crippen LogP contribution in [0.25, 0.3) is 27.6 Å². The summed E-state index contributed by atoms with van der Waals surface area (Å²) in [6.07, 6.45) is 0. The van der Waals surface area contributed by atoms with E-state index in [1.54, 1.807) is 32.4 Å². The van der Waals surface area contributed by atoms with Crippen LogP contribution in [-0.4, -0.2) is 40.4 Å². The van der Waals surface area contributed by atoms with Gasteiger partial charge in [-0.05, 0) is 50.1 Å². The van der Waals surface area contributed by atoms with Gasteiger partial charge in [-0.3, -0.25) is 14.2 Å². The first-order valence-electron chi connectivity index (χ1n) is 12.1. The molecule has 0 unspecified atom stereocenters. The van der Waals surface area contributed by atoms with Gasteiger partial charge in [0.15, 0.2) is 16.7 Å². The van der Waals surface area contributed by atoms with Crippen LogP contribution in [0.5, 0.6) is 11.5 Å². The number of methoxy groups -OCH3 is 2. The van der Waals surface area contributed by atoms with Crippen LogP contribution in [0.4, 0.5) is 5.69 Å². The highest BCUT2D eigenvalue weighted by Crippen LogP contribution is 2.32. The fourth-order valence-corrected chi connectivity index (χ4v) is 5.52. The van der Waals surface area contributed by atoms with Gasteiger partial charge in [0.25, 0.3) is 5.56 Å². The number of para-hydroxylation sites is 1. The number of rotatable bonds is 7. The Morgan fingerprint density at radius 1 is 1.00 bits per heavy atom. The fraction of sp³-hybridized carbons (Fsp3) is 0.207. The molecule has 0 radical (unpaired) electrons. The maximum Gasteiger partial charge on any atom is 0.283 e. The lowest BCUT2D eigenvalue weighted by Crippen LogP contribution is -2.23. The van der Waals surface area contributed by atoms with E-state index in [1.807, 2.05) is 57.2 Å². The Hall–Kier alpha value is -4.24. The number of aryl methyl sites for hydroxylation is 3. The van der Waals surface area contributed by atoms with Crippen LogP contribution in [0.15, 0.2) is 64.5 Å². The normalized spacial score (nSPS) is 11.2. The molecule has 2 heterocycles. The summed E-state index contributed by atoms with van der Waals surface area (Å²) in [6, 6.07) is 16.9. The Morgan fingerprint density at radius 3 is 2.42 bits per heavy atom. The van der Waals surface area contributed by atoms with E-state index in [4.69, 9.17) is 14.5 Å². The number of carbonyl (C=O) groups is 1. The first-order valence-corrected chi connectivity index (χ1v) is 13.1. The molecule has 0 aliphatic carbocycles. The molecule has 38 heavy (non-hydrogen) atoms. The molecule has 5 rings (SSSR count). The third-order valence-corrected chi connectivity index (χ3v) is 7.33. The summed E-state index contributed by atoms with van der Waals surface area (Å²) in [5.74, 6) is 0.909. The summed E-state index contributed by atoms with van der Waals surface area (Å²) in [4.78, 5) is 34.9. The van der Waals surface area contributed by atoms with E-state index in [9.17, 15) is 9.59 Å². The van der Waals surface area contributed by atoms with Crippen LogP contribution in [-0.2, 0) is 4.79 Å². The van der Waals surface area contributed by atoms with Crippen molar-refractivity contribution >= 4 is 45.3 Å². The highest BCUT2D eigenvalue weighted by Gasteiger charge is 2.20. The standard InChI is InChI=1S/C29H28N4O4S/c1-16-12-17(2)25(18(3)13-16)31-24(34)15-38-29-32-26-20-8-6-7-9-21(20)30-27(26)28(35)33(29)19-10-11-22(36-4)23(14-19)37-5/h6-14,30H,15H2,1-5H3,(H,31,34). The molecule has 194 valence electrons. The summed E-state index contributed by atoms with van der Waals surface area (Å²) in [5.41, 5.74) is 6.00. The summed E-state index contributed by atoms with van der Waals surface area (Å²) in [6.45, 7) is 5.98. The molecule has 0 fully saturated rings. The number of hydrogen-bond acceptors (Lipinski definition) is 6. The molecule has 0 saturated heterocycles. The predicted octanol–water partition coefficient (Wildman–Crippen LogP) is 5.54. The summed E-state index contributed by atoms with van der Waals surface area (Å²) < 4.78 is 12.3. The molecule has 3 aromatic carbocycles. The Balaban J connectivity index is 1.58. The van der Waals surface area contributed by atoms with E-state index in [-0.39, 0.29) is 17.2 Å². The third-order valence-electron chi connectivity index (χ3n) is 6.39. The zero-order chi connectivity index (χ0) is 27.0. The van der Waals surface area contributed by atoms with Crippen molar-refractivity contribution in [3.05, 3.63) is 81.6 Å². The molecule has 1 amide bonds. The minimum atomic E-state index is -0.272. The molecule has 5 aromatic rings. The Labute approximate surface area is 224 Å². The maximum absolute atomic E-state index is 13.8. The van der Waals surface area contributed by atoms with Gasteiger partial charge in [0, 0.05) is 22.7 Å². The number of benzene rings is 3. The van der Waals surface area contributed by atoms with E-state index in [0.717, 1.165) is 33.3 Å². The number of nitrogens with one attached hydrogen (secondary N) is 2. The van der Waals surface area contributed by atoms with Gasteiger partial charge in [-0.15, -0.1) is 0 Å². The molecule has 0 spiro atoms. The molecule has 2 aromatic heterocycles. The van der Waals surface area contributed by atoms with E-state index in [0.29, 0.717) is 33.4 Å². The van der Waals surface area contributed by atoms with Crippen molar-refractivity contribution in [2.45, 2.75) is 25.9 Å². The van der Waals surface area contributed by atoms with Crippen LogP contribution in [0.1, 0.15) is 16.7 Å². The SMILES string of the molecule is COc1ccc(-n2c(SCC(=O)Nc3c(C)cc(C)cc3C)nc3c([nH]c4ccccc43)c2=O)cc1OC. The van der Waals surface area contributed by atoms with Gasteiger partial charge in [0.05, 0.1) is 25.7 Å². The van der Waals surface area contributed by atoms with Crippen molar-refractivity contribution in [3.63, 3.8) is 0 Å². The topological polar surface area (TPSA) is 98.2 Å². The number of H-pyrrole nitrogens is 1. The van der Waals surface area contributed by atoms with Gasteiger partial charge in [-0.25, -0.2) is 4.98 Å². The number of ether oxygens (including phenoxy) is 2. The number of thioether (sulfide) groups is 1. The zero-order valence-electron chi connectivity index (χ0n) is 21.8. The van der Waals surface area contributed by atoms with Crippen molar-refractivity contribution < 1.29 is 14.3 Å². The average molecular weight is 529 g/mol. The molecule has 0 bridgehead atoms. The van der Waals surface area contributed by atoms with E-state index < -0.39 is 0 Å².